The van der Waals surface area contributed by atoms with Gasteiger partial charge < -0.3 is 5.73 Å². The molecule has 0 radical (unpaired) electrons. The van der Waals surface area contributed by atoms with Gasteiger partial charge in [0.2, 0.25) is 0 Å². The van der Waals surface area contributed by atoms with Gasteiger partial charge in [-0.3, -0.25) is 4.79 Å². The fourth-order valence-corrected chi connectivity index (χ4v) is 3.20. The molecule has 0 saturated heterocycles. The molecule has 0 aromatic heterocycles. The summed E-state index contributed by atoms with van der Waals surface area (Å²) in [6.45, 7) is 0. The van der Waals surface area contributed by atoms with Gasteiger partial charge in [-0.05, 0) is 30.7 Å². The van der Waals surface area contributed by atoms with Crippen molar-refractivity contribution in [3.05, 3.63) is 35.9 Å². The second kappa shape index (κ2) is 4.26. The standard InChI is InChI=1S/C15H19NO/c16-14-8-4-7-11(14)15(17)13-9-12(13)10-5-2-1-3-6-10/h1-3,5-6,11-14H,4,7-9,16H2. The minimum absolute atomic E-state index is 0.125. The maximum Gasteiger partial charge on any atom is 0.141 e. The van der Waals surface area contributed by atoms with Crippen LogP contribution >= 0.6 is 0 Å². The van der Waals surface area contributed by atoms with Gasteiger partial charge in [-0.2, -0.15) is 0 Å². The van der Waals surface area contributed by atoms with Crippen LogP contribution in [0.1, 0.15) is 37.2 Å². The van der Waals surface area contributed by atoms with Gasteiger partial charge in [0.1, 0.15) is 5.78 Å². The normalized spacial score (nSPS) is 35.8. The first-order chi connectivity index (χ1) is 8.27. The molecule has 0 spiro atoms. The van der Waals surface area contributed by atoms with Gasteiger partial charge in [-0.1, -0.05) is 36.8 Å². The Morgan fingerprint density at radius 3 is 2.53 bits per heavy atom. The first-order valence-electron chi connectivity index (χ1n) is 6.61. The van der Waals surface area contributed by atoms with E-state index in [0.29, 0.717) is 11.7 Å². The molecule has 0 amide bonds. The van der Waals surface area contributed by atoms with Crippen molar-refractivity contribution in [2.45, 2.75) is 37.6 Å². The third kappa shape index (κ3) is 2.02. The maximum atomic E-state index is 12.3. The lowest BCUT2D eigenvalue weighted by Gasteiger charge is -2.13. The SMILES string of the molecule is NC1CCCC1C(=O)C1CC1c1ccccc1. The number of Topliss-reactive ketones (excluding diaryl/α,β-unsaturated/α-hetero) is 1. The van der Waals surface area contributed by atoms with Gasteiger partial charge in [0, 0.05) is 17.9 Å². The molecule has 2 aliphatic carbocycles. The molecular weight excluding hydrogens is 210 g/mol. The summed E-state index contributed by atoms with van der Waals surface area (Å²) in [5.74, 6) is 1.31. The molecule has 0 bridgehead atoms. The molecule has 2 fully saturated rings. The second-order valence-corrected chi connectivity index (χ2v) is 5.46. The zero-order chi connectivity index (χ0) is 11.8. The summed E-state index contributed by atoms with van der Waals surface area (Å²) in [5, 5.41) is 0. The number of carbonyl (C=O) groups is 1. The van der Waals surface area contributed by atoms with Crippen molar-refractivity contribution in [3.8, 4) is 0 Å². The van der Waals surface area contributed by atoms with E-state index in [1.807, 2.05) is 6.07 Å². The van der Waals surface area contributed by atoms with Crippen molar-refractivity contribution in [3.63, 3.8) is 0 Å². The van der Waals surface area contributed by atoms with Gasteiger partial charge in [-0.15, -0.1) is 0 Å². The number of hydrogen-bond donors (Lipinski definition) is 1. The Bertz CT molecular complexity index is 414. The van der Waals surface area contributed by atoms with E-state index in [1.54, 1.807) is 0 Å². The third-order valence-electron chi connectivity index (χ3n) is 4.32. The van der Waals surface area contributed by atoms with Crippen molar-refractivity contribution < 1.29 is 4.79 Å². The van der Waals surface area contributed by atoms with Gasteiger partial charge in [0.15, 0.2) is 0 Å². The van der Waals surface area contributed by atoms with Crippen molar-refractivity contribution in [2.24, 2.45) is 17.6 Å². The molecule has 3 rings (SSSR count). The fourth-order valence-electron chi connectivity index (χ4n) is 3.20. The molecule has 4 atom stereocenters. The largest absolute Gasteiger partial charge is 0.327 e. The van der Waals surface area contributed by atoms with E-state index < -0.39 is 0 Å². The first-order valence-corrected chi connectivity index (χ1v) is 6.61. The molecule has 90 valence electrons. The van der Waals surface area contributed by atoms with Crippen LogP contribution in [0.15, 0.2) is 30.3 Å². The Morgan fingerprint density at radius 2 is 1.88 bits per heavy atom. The average Bonchev–Trinajstić information content (AvgIpc) is 3.05. The van der Waals surface area contributed by atoms with Crippen molar-refractivity contribution in [1.29, 1.82) is 0 Å². The minimum Gasteiger partial charge on any atom is -0.327 e. The Hall–Kier alpha value is -1.15. The average molecular weight is 229 g/mol. The van der Waals surface area contributed by atoms with Crippen molar-refractivity contribution >= 4 is 5.78 Å². The predicted octanol–water partition coefficient (Wildman–Crippen LogP) is 2.49. The molecule has 2 N–H and O–H groups in total. The summed E-state index contributed by atoms with van der Waals surface area (Å²) in [7, 11) is 0. The van der Waals surface area contributed by atoms with Crippen LogP contribution in [0.3, 0.4) is 0 Å². The van der Waals surface area contributed by atoms with Crippen molar-refractivity contribution in [1.82, 2.24) is 0 Å². The lowest BCUT2D eigenvalue weighted by atomic mass is 9.94. The van der Waals surface area contributed by atoms with Gasteiger partial charge in [0.25, 0.3) is 0 Å². The topological polar surface area (TPSA) is 43.1 Å². The summed E-state index contributed by atoms with van der Waals surface area (Å²) in [6.07, 6.45) is 4.20. The Kier molecular flexibility index (Phi) is 2.75. The monoisotopic (exact) mass is 229 g/mol. The number of nitrogens with two attached hydrogens (primary N) is 1. The highest BCUT2D eigenvalue weighted by atomic mass is 16.1. The number of carbonyl (C=O) groups excluding carboxylic acids is 1. The molecular formula is C15H19NO. The molecule has 0 aliphatic heterocycles. The Morgan fingerprint density at radius 1 is 1.12 bits per heavy atom. The van der Waals surface area contributed by atoms with Crippen LogP contribution in [0, 0.1) is 11.8 Å². The highest BCUT2D eigenvalue weighted by Crippen LogP contribution is 2.50. The Balaban J connectivity index is 1.67. The summed E-state index contributed by atoms with van der Waals surface area (Å²) < 4.78 is 0. The lowest BCUT2D eigenvalue weighted by Crippen LogP contribution is -2.31. The van der Waals surface area contributed by atoms with Crippen LogP contribution in [-0.4, -0.2) is 11.8 Å². The summed E-state index contributed by atoms with van der Waals surface area (Å²) in [4.78, 5) is 12.3. The molecule has 1 aromatic rings. The van der Waals surface area contributed by atoms with E-state index in [4.69, 9.17) is 5.73 Å². The Labute approximate surface area is 102 Å². The number of rotatable bonds is 3. The van der Waals surface area contributed by atoms with E-state index in [-0.39, 0.29) is 17.9 Å². The summed E-state index contributed by atoms with van der Waals surface area (Å²) in [6, 6.07) is 10.5. The van der Waals surface area contributed by atoms with E-state index >= 15 is 0 Å². The molecule has 2 heteroatoms. The van der Waals surface area contributed by atoms with Gasteiger partial charge in [-0.25, -0.2) is 0 Å². The highest BCUT2D eigenvalue weighted by molar-refractivity contribution is 5.88. The van der Waals surface area contributed by atoms with Crippen LogP contribution in [0.2, 0.25) is 0 Å². The highest BCUT2D eigenvalue weighted by Gasteiger charge is 2.47. The number of ketones is 1. The van der Waals surface area contributed by atoms with E-state index in [0.717, 1.165) is 25.7 Å². The van der Waals surface area contributed by atoms with E-state index in [2.05, 4.69) is 24.3 Å². The van der Waals surface area contributed by atoms with E-state index in [1.165, 1.54) is 5.56 Å². The lowest BCUT2D eigenvalue weighted by molar-refractivity contribution is -0.124. The van der Waals surface area contributed by atoms with Crippen molar-refractivity contribution in [2.75, 3.05) is 0 Å². The predicted molar refractivity (Wildman–Crippen MR) is 67.6 cm³/mol. The molecule has 2 nitrogen and oxygen atoms in total. The molecule has 4 unspecified atom stereocenters. The molecule has 17 heavy (non-hydrogen) atoms. The van der Waals surface area contributed by atoms with Gasteiger partial charge in [0.05, 0.1) is 0 Å². The first kappa shape index (κ1) is 11.0. The molecule has 2 saturated carbocycles. The number of benzene rings is 1. The smallest absolute Gasteiger partial charge is 0.141 e. The quantitative estimate of drug-likeness (QED) is 0.865. The molecule has 2 aliphatic rings. The maximum absolute atomic E-state index is 12.3. The van der Waals surface area contributed by atoms with Crippen LogP contribution in [0.25, 0.3) is 0 Å². The zero-order valence-corrected chi connectivity index (χ0v) is 10.0. The zero-order valence-electron chi connectivity index (χ0n) is 10.0. The van der Waals surface area contributed by atoms with Crippen LogP contribution in [0.4, 0.5) is 0 Å². The van der Waals surface area contributed by atoms with Crippen LogP contribution < -0.4 is 5.73 Å². The minimum atomic E-state index is 0.125. The molecule has 0 heterocycles. The van der Waals surface area contributed by atoms with Gasteiger partial charge >= 0.3 is 0 Å². The van der Waals surface area contributed by atoms with Crippen LogP contribution in [-0.2, 0) is 4.79 Å². The van der Waals surface area contributed by atoms with Crippen LogP contribution in [0.5, 0.6) is 0 Å². The second-order valence-electron chi connectivity index (χ2n) is 5.46. The summed E-state index contributed by atoms with van der Waals surface area (Å²) in [5.41, 5.74) is 7.33. The third-order valence-corrected chi connectivity index (χ3v) is 4.32. The fraction of sp³-hybridized carbons (Fsp3) is 0.533. The molecule has 1 aromatic carbocycles. The van der Waals surface area contributed by atoms with E-state index in [9.17, 15) is 4.79 Å². The summed E-state index contributed by atoms with van der Waals surface area (Å²) >= 11 is 0. The number of hydrogen-bond acceptors (Lipinski definition) is 2.